The quantitative estimate of drug-likeness (QED) is 0.390. The van der Waals surface area contributed by atoms with E-state index in [9.17, 15) is 26.4 Å². The molecular weight excluding hydrogens is 507 g/mol. The highest BCUT2D eigenvalue weighted by Crippen LogP contribution is 2.33. The fraction of sp³-hybridized carbons (Fsp3) is 0.231. The fourth-order valence-electron chi connectivity index (χ4n) is 4.52. The maximum Gasteiger partial charge on any atom is 0.387 e. The van der Waals surface area contributed by atoms with E-state index in [1.807, 2.05) is 0 Å². The second-order valence-corrected chi connectivity index (χ2v) is 11.4. The Morgan fingerprint density at radius 1 is 1.11 bits per heavy atom. The molecule has 1 saturated heterocycles. The summed E-state index contributed by atoms with van der Waals surface area (Å²) in [7, 11) is -3.22. The SMILES string of the molecule is CC1(NC(=O)c2ccc3c(-c4cccc(OC(F)F)c4)nn(-c4ccc(F)cc4)c3c2)CCS(=O)(=O)C1. The van der Waals surface area contributed by atoms with Crippen LogP contribution in [-0.2, 0) is 9.84 Å². The Kier molecular flexibility index (Phi) is 6.18. The standard InChI is InChI=1S/C26H22F3N3O4S/c1-26(11-12-37(34,35)15-26)30-24(33)17-5-10-21-22(14-17)32(19-8-6-18(27)7-9-19)31-23(21)16-3-2-4-20(13-16)36-25(28)29/h2-10,13-14,25H,11-12,15H2,1H3,(H,30,33). The molecule has 1 N–H and O–H groups in total. The number of amides is 1. The van der Waals surface area contributed by atoms with Crippen LogP contribution in [0.3, 0.4) is 0 Å². The summed E-state index contributed by atoms with van der Waals surface area (Å²) >= 11 is 0. The lowest BCUT2D eigenvalue weighted by Crippen LogP contribution is -2.46. The number of hydrogen-bond donors (Lipinski definition) is 1. The second-order valence-electron chi connectivity index (χ2n) is 9.23. The molecule has 1 atom stereocenters. The molecule has 7 nitrogen and oxygen atoms in total. The summed E-state index contributed by atoms with van der Waals surface area (Å²) in [5.41, 5.74) is 1.38. The van der Waals surface area contributed by atoms with E-state index in [0.29, 0.717) is 34.3 Å². The first-order chi connectivity index (χ1) is 17.5. The van der Waals surface area contributed by atoms with E-state index in [4.69, 9.17) is 0 Å². The van der Waals surface area contributed by atoms with Crippen LogP contribution in [0.15, 0.2) is 66.7 Å². The van der Waals surface area contributed by atoms with Gasteiger partial charge in [-0.05, 0) is 67.9 Å². The van der Waals surface area contributed by atoms with Crippen LogP contribution in [0.2, 0.25) is 0 Å². The summed E-state index contributed by atoms with van der Waals surface area (Å²) in [5, 5.41) is 8.11. The van der Waals surface area contributed by atoms with E-state index in [2.05, 4.69) is 15.2 Å². The summed E-state index contributed by atoms with van der Waals surface area (Å²) < 4.78 is 69.0. The Morgan fingerprint density at radius 2 is 1.86 bits per heavy atom. The third-order valence-electron chi connectivity index (χ3n) is 6.27. The first kappa shape index (κ1) is 24.8. The zero-order chi connectivity index (χ0) is 26.4. The van der Waals surface area contributed by atoms with E-state index in [1.165, 1.54) is 41.1 Å². The Bertz CT molecular complexity index is 1600. The molecular formula is C26H22F3N3O4S. The largest absolute Gasteiger partial charge is 0.435 e. The monoisotopic (exact) mass is 529 g/mol. The number of halogens is 3. The highest BCUT2D eigenvalue weighted by atomic mass is 32.2. The van der Waals surface area contributed by atoms with Crippen molar-refractivity contribution in [3.63, 3.8) is 0 Å². The van der Waals surface area contributed by atoms with Crippen LogP contribution in [0.4, 0.5) is 13.2 Å². The average Bonchev–Trinajstić information content (AvgIpc) is 3.35. The van der Waals surface area contributed by atoms with Gasteiger partial charge in [0, 0.05) is 16.5 Å². The number of ether oxygens (including phenoxy) is 1. The second kappa shape index (κ2) is 9.22. The van der Waals surface area contributed by atoms with Crippen LogP contribution >= 0.6 is 0 Å². The minimum Gasteiger partial charge on any atom is -0.435 e. The van der Waals surface area contributed by atoms with Gasteiger partial charge in [0.25, 0.3) is 5.91 Å². The fourth-order valence-corrected chi connectivity index (χ4v) is 6.62. The molecule has 5 rings (SSSR count). The van der Waals surface area contributed by atoms with Crippen LogP contribution < -0.4 is 10.1 Å². The minimum absolute atomic E-state index is 0.0118. The van der Waals surface area contributed by atoms with Gasteiger partial charge < -0.3 is 10.1 Å². The lowest BCUT2D eigenvalue weighted by Gasteiger charge is -2.23. The summed E-state index contributed by atoms with van der Waals surface area (Å²) in [4.78, 5) is 13.1. The van der Waals surface area contributed by atoms with Crippen LogP contribution in [0, 0.1) is 5.82 Å². The van der Waals surface area contributed by atoms with Gasteiger partial charge in [-0.1, -0.05) is 12.1 Å². The third kappa shape index (κ3) is 5.17. The zero-order valence-electron chi connectivity index (χ0n) is 19.6. The molecule has 1 aliphatic heterocycles. The maximum atomic E-state index is 13.6. The van der Waals surface area contributed by atoms with E-state index in [-0.39, 0.29) is 22.8 Å². The van der Waals surface area contributed by atoms with E-state index in [0.717, 1.165) is 0 Å². The normalized spacial score (nSPS) is 18.8. The molecule has 1 unspecified atom stereocenters. The number of aromatic nitrogens is 2. The number of benzene rings is 3. The smallest absolute Gasteiger partial charge is 0.387 e. The summed E-state index contributed by atoms with van der Waals surface area (Å²) in [6, 6.07) is 16.6. The van der Waals surface area contributed by atoms with Gasteiger partial charge in [-0.15, -0.1) is 0 Å². The molecule has 1 amide bonds. The molecule has 0 radical (unpaired) electrons. The van der Waals surface area contributed by atoms with Crippen molar-refractivity contribution in [1.82, 2.24) is 15.1 Å². The Morgan fingerprint density at radius 3 is 2.54 bits per heavy atom. The predicted molar refractivity (Wildman–Crippen MR) is 132 cm³/mol. The van der Waals surface area contributed by atoms with Crippen LogP contribution in [0.25, 0.3) is 27.8 Å². The average molecular weight is 530 g/mol. The number of alkyl halides is 2. The molecule has 3 aromatic carbocycles. The number of carbonyl (C=O) groups excluding carboxylic acids is 1. The molecule has 0 aliphatic carbocycles. The molecule has 192 valence electrons. The van der Waals surface area contributed by atoms with Crippen molar-refractivity contribution >= 4 is 26.6 Å². The Hall–Kier alpha value is -3.86. The third-order valence-corrected chi connectivity index (χ3v) is 8.17. The molecule has 4 aromatic rings. The van der Waals surface area contributed by atoms with Crippen molar-refractivity contribution in [2.45, 2.75) is 25.5 Å². The summed E-state index contributed by atoms with van der Waals surface area (Å²) in [5.74, 6) is -1.03. The highest BCUT2D eigenvalue weighted by Gasteiger charge is 2.39. The number of nitrogens with zero attached hydrogens (tertiary/aromatic N) is 2. The molecule has 1 aromatic heterocycles. The summed E-state index contributed by atoms with van der Waals surface area (Å²) in [6.45, 7) is -1.29. The molecule has 2 heterocycles. The van der Waals surface area contributed by atoms with Crippen molar-refractivity contribution < 1.29 is 31.1 Å². The number of hydrogen-bond acceptors (Lipinski definition) is 5. The molecule has 37 heavy (non-hydrogen) atoms. The molecule has 1 fully saturated rings. The summed E-state index contributed by atoms with van der Waals surface area (Å²) in [6.07, 6.45) is 0.317. The number of nitrogens with one attached hydrogen (secondary N) is 1. The van der Waals surface area contributed by atoms with Gasteiger partial charge in [0.2, 0.25) is 0 Å². The zero-order valence-corrected chi connectivity index (χ0v) is 20.4. The minimum atomic E-state index is -3.22. The van der Waals surface area contributed by atoms with Crippen molar-refractivity contribution in [2.75, 3.05) is 11.5 Å². The van der Waals surface area contributed by atoms with Gasteiger partial charge >= 0.3 is 6.61 Å². The van der Waals surface area contributed by atoms with E-state index >= 15 is 0 Å². The van der Waals surface area contributed by atoms with Gasteiger partial charge in [-0.2, -0.15) is 13.9 Å². The molecule has 0 spiro atoms. The number of carbonyl (C=O) groups is 1. The van der Waals surface area contributed by atoms with Crippen LogP contribution in [0.1, 0.15) is 23.7 Å². The van der Waals surface area contributed by atoms with Crippen molar-refractivity contribution in [1.29, 1.82) is 0 Å². The van der Waals surface area contributed by atoms with Gasteiger partial charge in [0.1, 0.15) is 17.3 Å². The van der Waals surface area contributed by atoms with Crippen LogP contribution in [-0.4, -0.2) is 47.8 Å². The first-order valence-electron chi connectivity index (χ1n) is 11.4. The van der Waals surface area contributed by atoms with Gasteiger partial charge in [0.05, 0.1) is 28.2 Å². The van der Waals surface area contributed by atoms with Crippen molar-refractivity contribution in [2.24, 2.45) is 0 Å². The first-order valence-corrected chi connectivity index (χ1v) is 13.2. The highest BCUT2D eigenvalue weighted by molar-refractivity contribution is 7.91. The van der Waals surface area contributed by atoms with Crippen molar-refractivity contribution in [3.05, 3.63) is 78.1 Å². The number of sulfone groups is 1. The molecule has 11 heteroatoms. The maximum absolute atomic E-state index is 13.6. The predicted octanol–water partition coefficient (Wildman–Crippen LogP) is 4.74. The van der Waals surface area contributed by atoms with E-state index in [1.54, 1.807) is 37.3 Å². The lowest BCUT2D eigenvalue weighted by molar-refractivity contribution is -0.0498. The van der Waals surface area contributed by atoms with Gasteiger partial charge in [-0.3, -0.25) is 4.79 Å². The number of rotatable bonds is 6. The lowest BCUT2D eigenvalue weighted by atomic mass is 10.0. The number of fused-ring (bicyclic) bond motifs is 1. The molecule has 1 aliphatic rings. The molecule has 0 saturated carbocycles. The van der Waals surface area contributed by atoms with E-state index < -0.39 is 33.7 Å². The van der Waals surface area contributed by atoms with Gasteiger partial charge in [-0.25, -0.2) is 17.5 Å². The Labute approximate surface area is 210 Å². The van der Waals surface area contributed by atoms with Crippen molar-refractivity contribution in [3.8, 4) is 22.7 Å². The van der Waals surface area contributed by atoms with Gasteiger partial charge in [0.15, 0.2) is 9.84 Å². The Balaban J connectivity index is 1.59. The topological polar surface area (TPSA) is 90.3 Å². The van der Waals surface area contributed by atoms with Crippen LogP contribution in [0.5, 0.6) is 5.75 Å². The molecule has 0 bridgehead atoms.